The molecule has 0 aromatic heterocycles. The molecule has 0 unspecified atom stereocenters. The maximum atomic E-state index is 11.7. The van der Waals surface area contributed by atoms with Gasteiger partial charge in [-0.1, -0.05) is 32.9 Å². The van der Waals surface area contributed by atoms with E-state index in [-0.39, 0.29) is 23.7 Å². The number of hydrogen-bond donors (Lipinski definition) is 2. The Morgan fingerprint density at radius 2 is 1.71 bits per heavy atom. The lowest BCUT2D eigenvalue weighted by molar-refractivity contribution is -0.126. The van der Waals surface area contributed by atoms with Crippen molar-refractivity contribution in [2.45, 2.75) is 32.6 Å². The van der Waals surface area contributed by atoms with Crippen LogP contribution in [0.3, 0.4) is 0 Å². The topological polar surface area (TPSA) is 67.4 Å². The molecular formula is C16H24N2O3. The number of carbonyl (C=O) groups is 2. The molecule has 5 nitrogen and oxygen atoms in total. The van der Waals surface area contributed by atoms with E-state index in [2.05, 4.69) is 31.4 Å². The minimum Gasteiger partial charge on any atom is -0.383 e. The lowest BCUT2D eigenvalue weighted by atomic mass is 9.87. The fraction of sp³-hybridized carbons (Fsp3) is 0.500. The van der Waals surface area contributed by atoms with Gasteiger partial charge in [0.25, 0.3) is 0 Å². The van der Waals surface area contributed by atoms with Crippen molar-refractivity contribution in [3.8, 4) is 0 Å². The molecule has 0 radical (unpaired) electrons. The van der Waals surface area contributed by atoms with Gasteiger partial charge in [0.1, 0.15) is 6.42 Å². The summed E-state index contributed by atoms with van der Waals surface area (Å²) < 4.78 is 4.82. The Morgan fingerprint density at radius 3 is 2.24 bits per heavy atom. The van der Waals surface area contributed by atoms with Crippen molar-refractivity contribution in [1.29, 1.82) is 0 Å². The second-order valence-corrected chi connectivity index (χ2v) is 5.90. The third kappa shape index (κ3) is 6.40. The molecule has 0 spiro atoms. The predicted octanol–water partition coefficient (Wildman–Crippen LogP) is 2.08. The Labute approximate surface area is 126 Å². The zero-order valence-electron chi connectivity index (χ0n) is 13.2. The molecule has 0 atom stereocenters. The average Bonchev–Trinajstić information content (AvgIpc) is 2.38. The molecule has 21 heavy (non-hydrogen) atoms. The molecule has 0 fully saturated rings. The molecule has 1 aromatic carbocycles. The van der Waals surface area contributed by atoms with Gasteiger partial charge in [0, 0.05) is 19.3 Å². The highest BCUT2D eigenvalue weighted by molar-refractivity contribution is 6.03. The molecule has 116 valence electrons. The van der Waals surface area contributed by atoms with E-state index >= 15 is 0 Å². The molecule has 5 heteroatoms. The van der Waals surface area contributed by atoms with Crippen LogP contribution in [0.2, 0.25) is 0 Å². The molecule has 0 aliphatic carbocycles. The van der Waals surface area contributed by atoms with Crippen molar-refractivity contribution < 1.29 is 14.3 Å². The van der Waals surface area contributed by atoms with Gasteiger partial charge in [-0.25, -0.2) is 0 Å². The first-order valence-electron chi connectivity index (χ1n) is 6.99. The first-order valence-corrected chi connectivity index (χ1v) is 6.99. The summed E-state index contributed by atoms with van der Waals surface area (Å²) >= 11 is 0. The van der Waals surface area contributed by atoms with Gasteiger partial charge in [-0.3, -0.25) is 9.59 Å². The number of rotatable bonds is 6. The number of benzene rings is 1. The quantitative estimate of drug-likeness (QED) is 0.623. The van der Waals surface area contributed by atoms with E-state index in [1.165, 1.54) is 5.56 Å². The molecule has 1 rings (SSSR count). The van der Waals surface area contributed by atoms with Crippen LogP contribution in [0.5, 0.6) is 0 Å². The number of amides is 2. The van der Waals surface area contributed by atoms with Gasteiger partial charge in [0.2, 0.25) is 11.8 Å². The number of hydrogen-bond acceptors (Lipinski definition) is 3. The van der Waals surface area contributed by atoms with Gasteiger partial charge < -0.3 is 15.4 Å². The van der Waals surface area contributed by atoms with Crippen LogP contribution >= 0.6 is 0 Å². The zero-order chi connectivity index (χ0) is 15.9. The Bertz CT molecular complexity index is 475. The normalized spacial score (nSPS) is 11.0. The summed E-state index contributed by atoms with van der Waals surface area (Å²) in [6, 6.07) is 7.66. The second kappa shape index (κ2) is 7.78. The Kier molecular flexibility index (Phi) is 6.37. The van der Waals surface area contributed by atoms with Gasteiger partial charge in [0.05, 0.1) is 6.61 Å². The van der Waals surface area contributed by atoms with E-state index in [9.17, 15) is 9.59 Å². The van der Waals surface area contributed by atoms with Crippen LogP contribution in [0.1, 0.15) is 32.8 Å². The molecule has 0 saturated carbocycles. The largest absolute Gasteiger partial charge is 0.383 e. The van der Waals surface area contributed by atoms with Crippen LogP contribution in [0, 0.1) is 0 Å². The first kappa shape index (κ1) is 17.2. The monoisotopic (exact) mass is 292 g/mol. The fourth-order valence-electron chi connectivity index (χ4n) is 1.76. The molecule has 0 aliphatic rings. The van der Waals surface area contributed by atoms with E-state index < -0.39 is 0 Å². The summed E-state index contributed by atoms with van der Waals surface area (Å²) in [4.78, 5) is 23.2. The van der Waals surface area contributed by atoms with E-state index in [1.807, 2.05) is 24.3 Å². The molecule has 2 N–H and O–H groups in total. The smallest absolute Gasteiger partial charge is 0.233 e. The maximum absolute atomic E-state index is 11.7. The number of nitrogens with one attached hydrogen (secondary N) is 2. The number of anilines is 1. The second-order valence-electron chi connectivity index (χ2n) is 5.90. The number of ether oxygens (including phenoxy) is 1. The van der Waals surface area contributed by atoms with Gasteiger partial charge in [0.15, 0.2) is 0 Å². The number of carbonyl (C=O) groups excluding carboxylic acids is 2. The van der Waals surface area contributed by atoms with Crippen molar-refractivity contribution >= 4 is 17.5 Å². The summed E-state index contributed by atoms with van der Waals surface area (Å²) in [5, 5.41) is 5.32. The first-order chi connectivity index (χ1) is 9.82. The molecule has 0 aliphatic heterocycles. The highest BCUT2D eigenvalue weighted by Gasteiger charge is 2.13. The Hall–Kier alpha value is -1.88. The van der Waals surface area contributed by atoms with Gasteiger partial charge in [-0.2, -0.15) is 0 Å². The predicted molar refractivity (Wildman–Crippen MR) is 83.3 cm³/mol. The van der Waals surface area contributed by atoms with Crippen molar-refractivity contribution in [3.63, 3.8) is 0 Å². The summed E-state index contributed by atoms with van der Waals surface area (Å²) in [6.07, 6.45) is -0.190. The Balaban J connectivity index is 2.46. The van der Waals surface area contributed by atoms with E-state index in [4.69, 9.17) is 4.74 Å². The highest BCUT2D eigenvalue weighted by atomic mass is 16.5. The van der Waals surface area contributed by atoms with E-state index in [0.717, 1.165) is 0 Å². The minimum absolute atomic E-state index is 0.0732. The van der Waals surface area contributed by atoms with Crippen LogP contribution in [-0.2, 0) is 19.7 Å². The van der Waals surface area contributed by atoms with Crippen molar-refractivity contribution in [2.24, 2.45) is 0 Å². The number of methoxy groups -OCH3 is 1. The van der Waals surface area contributed by atoms with Gasteiger partial charge in [-0.15, -0.1) is 0 Å². The van der Waals surface area contributed by atoms with Gasteiger partial charge >= 0.3 is 0 Å². The summed E-state index contributed by atoms with van der Waals surface area (Å²) in [5.74, 6) is -0.635. The third-order valence-corrected chi connectivity index (χ3v) is 2.98. The average molecular weight is 292 g/mol. The van der Waals surface area contributed by atoms with Crippen molar-refractivity contribution in [2.75, 3.05) is 25.6 Å². The van der Waals surface area contributed by atoms with Gasteiger partial charge in [-0.05, 0) is 23.1 Å². The summed E-state index contributed by atoms with van der Waals surface area (Å²) in [5.41, 5.74) is 1.96. The van der Waals surface area contributed by atoms with Crippen LogP contribution in [0.15, 0.2) is 24.3 Å². The van der Waals surface area contributed by atoms with Crippen molar-refractivity contribution in [3.05, 3.63) is 29.8 Å². The summed E-state index contributed by atoms with van der Waals surface area (Å²) in [6.45, 7) is 7.23. The van der Waals surface area contributed by atoms with E-state index in [1.54, 1.807) is 7.11 Å². The third-order valence-electron chi connectivity index (χ3n) is 2.98. The minimum atomic E-state index is -0.326. The summed E-state index contributed by atoms with van der Waals surface area (Å²) in [7, 11) is 1.56. The van der Waals surface area contributed by atoms with E-state index in [0.29, 0.717) is 18.8 Å². The molecule has 0 saturated heterocycles. The Morgan fingerprint density at radius 1 is 1.10 bits per heavy atom. The lowest BCUT2D eigenvalue weighted by Crippen LogP contribution is -2.30. The maximum Gasteiger partial charge on any atom is 0.233 e. The SMILES string of the molecule is COCCNC(=O)CC(=O)Nc1ccc(C(C)(C)C)cc1. The van der Waals surface area contributed by atoms with Crippen LogP contribution in [-0.4, -0.2) is 32.1 Å². The molecular weight excluding hydrogens is 268 g/mol. The molecule has 0 bridgehead atoms. The van der Waals surface area contributed by atoms with Crippen LogP contribution in [0.4, 0.5) is 5.69 Å². The van der Waals surface area contributed by atoms with Crippen molar-refractivity contribution in [1.82, 2.24) is 5.32 Å². The molecule has 1 aromatic rings. The van der Waals surface area contributed by atoms with Crippen LogP contribution < -0.4 is 10.6 Å². The van der Waals surface area contributed by atoms with Crippen LogP contribution in [0.25, 0.3) is 0 Å². The standard InChI is InChI=1S/C16H24N2O3/c1-16(2,3)12-5-7-13(8-6-12)18-15(20)11-14(19)17-9-10-21-4/h5-8H,9-11H2,1-4H3,(H,17,19)(H,18,20). The fourth-order valence-corrected chi connectivity index (χ4v) is 1.76. The lowest BCUT2D eigenvalue weighted by Gasteiger charge is -2.19. The zero-order valence-corrected chi connectivity index (χ0v) is 13.2. The molecule has 0 heterocycles. The highest BCUT2D eigenvalue weighted by Crippen LogP contribution is 2.23. The molecule has 2 amide bonds.